The van der Waals surface area contributed by atoms with E-state index in [1.807, 2.05) is 6.07 Å². The number of carbonyl (C=O) groups excluding carboxylic acids is 1. The van der Waals surface area contributed by atoms with Crippen LogP contribution >= 0.6 is 0 Å². The average molecular weight is 300 g/mol. The molecule has 8 heteroatoms. The average Bonchev–Trinajstić information content (AvgIpc) is 3.02. The summed E-state index contributed by atoms with van der Waals surface area (Å²) in [5.74, 6) is 0.307. The molecule has 22 heavy (non-hydrogen) atoms. The molecule has 0 N–H and O–H groups in total. The third-order valence-electron chi connectivity index (χ3n) is 3.49. The van der Waals surface area contributed by atoms with Crippen molar-refractivity contribution in [3.63, 3.8) is 0 Å². The monoisotopic (exact) mass is 300 g/mol. The summed E-state index contributed by atoms with van der Waals surface area (Å²) in [6.07, 6.45) is 3.99. The summed E-state index contributed by atoms with van der Waals surface area (Å²) < 4.78 is 6.65. The van der Waals surface area contributed by atoms with E-state index >= 15 is 0 Å². The highest BCUT2D eigenvalue weighted by Gasteiger charge is 2.25. The summed E-state index contributed by atoms with van der Waals surface area (Å²) in [6.45, 7) is 5.21. The summed E-state index contributed by atoms with van der Waals surface area (Å²) in [4.78, 5) is 14.2. The van der Waals surface area contributed by atoms with Crippen molar-refractivity contribution in [2.45, 2.75) is 19.5 Å². The minimum absolute atomic E-state index is 0.142. The maximum atomic E-state index is 12.5. The Morgan fingerprint density at radius 3 is 3.09 bits per heavy atom. The minimum Gasteiger partial charge on any atom is -0.480 e. The van der Waals surface area contributed by atoms with Crippen molar-refractivity contribution in [3.05, 3.63) is 41.9 Å². The first kappa shape index (κ1) is 14.2. The quantitative estimate of drug-likeness (QED) is 0.763. The van der Waals surface area contributed by atoms with Gasteiger partial charge in [-0.25, -0.2) is 4.68 Å². The van der Waals surface area contributed by atoms with Crippen LogP contribution in [-0.4, -0.2) is 49.7 Å². The van der Waals surface area contributed by atoms with Crippen LogP contribution in [0.15, 0.2) is 24.9 Å². The number of nitrogens with zero attached hydrogens (tertiary/aromatic N) is 6. The van der Waals surface area contributed by atoms with Crippen molar-refractivity contribution in [3.8, 4) is 5.88 Å². The van der Waals surface area contributed by atoms with E-state index in [0.29, 0.717) is 37.6 Å². The van der Waals surface area contributed by atoms with E-state index in [1.54, 1.807) is 29.0 Å². The molecular weight excluding hydrogens is 284 g/mol. The fraction of sp³-hybridized carbons (Fsp3) is 0.357. The number of amides is 1. The van der Waals surface area contributed by atoms with Gasteiger partial charge in [0.1, 0.15) is 0 Å². The molecule has 0 fully saturated rings. The highest BCUT2D eigenvalue weighted by atomic mass is 16.5. The van der Waals surface area contributed by atoms with Gasteiger partial charge >= 0.3 is 0 Å². The standard InChI is InChI=1S/C14H16N6O2/c1-3-5-20-9-12(16-18-20)14(21)19-6-4-11-10(8-19)7-13(22-2)17-15-11/h3,7,9H,1,4-6,8H2,2H3. The van der Waals surface area contributed by atoms with Crippen LogP contribution in [0.2, 0.25) is 0 Å². The zero-order chi connectivity index (χ0) is 15.5. The molecular formula is C14H16N6O2. The first-order chi connectivity index (χ1) is 10.7. The van der Waals surface area contributed by atoms with Crippen LogP contribution < -0.4 is 4.74 Å². The Morgan fingerprint density at radius 2 is 2.32 bits per heavy atom. The second kappa shape index (κ2) is 5.92. The number of aromatic nitrogens is 5. The number of hydrogen-bond acceptors (Lipinski definition) is 6. The van der Waals surface area contributed by atoms with Gasteiger partial charge in [-0.15, -0.1) is 16.8 Å². The number of carbonyl (C=O) groups is 1. The van der Waals surface area contributed by atoms with Crippen molar-refractivity contribution in [2.75, 3.05) is 13.7 Å². The second-order valence-electron chi connectivity index (χ2n) is 4.95. The third-order valence-corrected chi connectivity index (χ3v) is 3.49. The van der Waals surface area contributed by atoms with Crippen LogP contribution in [0.5, 0.6) is 5.88 Å². The van der Waals surface area contributed by atoms with Crippen LogP contribution in [0.1, 0.15) is 21.7 Å². The Bertz CT molecular complexity index is 711. The Hall–Kier alpha value is -2.77. The summed E-state index contributed by atoms with van der Waals surface area (Å²) in [6, 6.07) is 1.82. The van der Waals surface area contributed by atoms with Gasteiger partial charge in [-0.2, -0.15) is 5.10 Å². The van der Waals surface area contributed by atoms with Crippen LogP contribution in [0.3, 0.4) is 0 Å². The fourth-order valence-corrected chi connectivity index (χ4v) is 2.36. The van der Waals surface area contributed by atoms with Gasteiger partial charge in [0.05, 0.1) is 25.5 Å². The number of rotatable bonds is 4. The molecule has 3 heterocycles. The van der Waals surface area contributed by atoms with E-state index in [0.717, 1.165) is 11.3 Å². The van der Waals surface area contributed by atoms with Crippen LogP contribution in [0.4, 0.5) is 0 Å². The number of methoxy groups -OCH3 is 1. The lowest BCUT2D eigenvalue weighted by atomic mass is 10.1. The van der Waals surface area contributed by atoms with Crippen molar-refractivity contribution >= 4 is 5.91 Å². The van der Waals surface area contributed by atoms with E-state index in [4.69, 9.17) is 4.74 Å². The predicted molar refractivity (Wildman–Crippen MR) is 77.2 cm³/mol. The summed E-state index contributed by atoms with van der Waals surface area (Å²) in [7, 11) is 1.54. The summed E-state index contributed by atoms with van der Waals surface area (Å²) in [5.41, 5.74) is 2.18. The van der Waals surface area contributed by atoms with Gasteiger partial charge in [0.15, 0.2) is 5.69 Å². The number of fused-ring (bicyclic) bond motifs is 1. The predicted octanol–water partition coefficient (Wildman–Crippen LogP) is 0.461. The first-order valence-corrected chi connectivity index (χ1v) is 6.91. The van der Waals surface area contributed by atoms with E-state index in [2.05, 4.69) is 27.1 Å². The van der Waals surface area contributed by atoms with E-state index in [9.17, 15) is 4.79 Å². The minimum atomic E-state index is -0.142. The molecule has 2 aromatic rings. The SMILES string of the molecule is C=CCn1cc(C(=O)N2CCc3nnc(OC)cc3C2)nn1. The van der Waals surface area contributed by atoms with Crippen LogP contribution in [-0.2, 0) is 19.5 Å². The molecule has 0 saturated heterocycles. The molecule has 3 rings (SSSR count). The molecule has 0 aliphatic carbocycles. The number of allylic oxidation sites excluding steroid dienone is 1. The lowest BCUT2D eigenvalue weighted by Crippen LogP contribution is -2.36. The molecule has 1 amide bonds. The summed E-state index contributed by atoms with van der Waals surface area (Å²) >= 11 is 0. The smallest absolute Gasteiger partial charge is 0.276 e. The summed E-state index contributed by atoms with van der Waals surface area (Å²) in [5, 5.41) is 15.9. The Labute approximate surface area is 127 Å². The largest absolute Gasteiger partial charge is 0.480 e. The van der Waals surface area contributed by atoms with Gasteiger partial charge in [0.2, 0.25) is 5.88 Å². The van der Waals surface area contributed by atoms with Gasteiger partial charge in [-0.05, 0) is 0 Å². The molecule has 0 spiro atoms. The van der Waals surface area contributed by atoms with Crippen molar-refractivity contribution in [1.82, 2.24) is 30.1 Å². The number of hydrogen-bond donors (Lipinski definition) is 0. The van der Waals surface area contributed by atoms with E-state index in [1.165, 1.54) is 0 Å². The second-order valence-corrected chi connectivity index (χ2v) is 4.95. The molecule has 0 bridgehead atoms. The van der Waals surface area contributed by atoms with Gasteiger partial charge in [-0.1, -0.05) is 11.3 Å². The highest BCUT2D eigenvalue weighted by Crippen LogP contribution is 2.20. The lowest BCUT2D eigenvalue weighted by molar-refractivity contribution is 0.0726. The number of ether oxygens (including phenoxy) is 1. The molecule has 0 aromatic carbocycles. The molecule has 0 radical (unpaired) electrons. The molecule has 0 unspecified atom stereocenters. The van der Waals surface area contributed by atoms with Crippen molar-refractivity contribution in [1.29, 1.82) is 0 Å². The van der Waals surface area contributed by atoms with Crippen molar-refractivity contribution in [2.24, 2.45) is 0 Å². The Balaban J connectivity index is 1.77. The zero-order valence-corrected chi connectivity index (χ0v) is 12.3. The molecule has 8 nitrogen and oxygen atoms in total. The Morgan fingerprint density at radius 1 is 1.45 bits per heavy atom. The van der Waals surface area contributed by atoms with Crippen molar-refractivity contribution < 1.29 is 9.53 Å². The van der Waals surface area contributed by atoms with Gasteiger partial charge in [0.25, 0.3) is 5.91 Å². The van der Waals surface area contributed by atoms with Crippen LogP contribution in [0, 0.1) is 0 Å². The molecule has 0 saturated carbocycles. The molecule has 2 aromatic heterocycles. The van der Waals surface area contributed by atoms with E-state index in [-0.39, 0.29) is 5.91 Å². The van der Waals surface area contributed by atoms with Crippen LogP contribution in [0.25, 0.3) is 0 Å². The van der Waals surface area contributed by atoms with Gasteiger partial charge in [-0.3, -0.25) is 4.79 Å². The normalized spacial score (nSPS) is 13.6. The molecule has 1 aliphatic rings. The highest BCUT2D eigenvalue weighted by molar-refractivity contribution is 5.92. The van der Waals surface area contributed by atoms with Gasteiger partial charge in [0, 0.05) is 31.1 Å². The zero-order valence-electron chi connectivity index (χ0n) is 12.3. The molecule has 114 valence electrons. The third kappa shape index (κ3) is 2.67. The lowest BCUT2D eigenvalue weighted by Gasteiger charge is -2.27. The van der Waals surface area contributed by atoms with E-state index < -0.39 is 0 Å². The molecule has 0 atom stereocenters. The first-order valence-electron chi connectivity index (χ1n) is 6.91. The Kier molecular flexibility index (Phi) is 3.82. The molecule has 1 aliphatic heterocycles. The topological polar surface area (TPSA) is 86.0 Å². The van der Waals surface area contributed by atoms with Gasteiger partial charge < -0.3 is 9.64 Å². The maximum absolute atomic E-state index is 12.5. The fourth-order valence-electron chi connectivity index (χ4n) is 2.36. The maximum Gasteiger partial charge on any atom is 0.276 e.